The molecule has 2 aromatic carbocycles. The lowest BCUT2D eigenvalue weighted by atomic mass is 10.0. The number of para-hydroxylation sites is 1. The fourth-order valence-corrected chi connectivity index (χ4v) is 2.44. The topological polar surface area (TPSA) is 32.9 Å². The van der Waals surface area contributed by atoms with Gasteiger partial charge < -0.3 is 4.98 Å². The summed E-state index contributed by atoms with van der Waals surface area (Å²) in [5.41, 5.74) is -0.208. The van der Waals surface area contributed by atoms with Gasteiger partial charge in [0.1, 0.15) is 5.82 Å². The zero-order chi connectivity index (χ0) is 15.9. The van der Waals surface area contributed by atoms with E-state index in [1.165, 1.54) is 36.4 Å². The molecular weight excluding hydrogens is 298 g/mol. The Hall–Kier alpha value is -2.63. The summed E-state index contributed by atoms with van der Waals surface area (Å²) in [6.07, 6.45) is -4.04. The van der Waals surface area contributed by atoms with Crippen molar-refractivity contribution in [2.24, 2.45) is 0 Å². The number of alkyl halides is 3. The lowest BCUT2D eigenvalue weighted by Crippen LogP contribution is -2.05. The summed E-state index contributed by atoms with van der Waals surface area (Å²) < 4.78 is 52.2. The molecule has 0 unspecified atom stereocenters. The highest BCUT2D eigenvalue weighted by molar-refractivity contribution is 6.05. The van der Waals surface area contributed by atoms with Crippen LogP contribution in [0.5, 0.6) is 0 Å². The largest absolute Gasteiger partial charge is 0.418 e. The molecule has 0 fully saturated rings. The zero-order valence-electron chi connectivity index (χ0n) is 11.0. The van der Waals surface area contributed by atoms with Crippen LogP contribution in [0.15, 0.2) is 42.5 Å². The van der Waals surface area contributed by atoms with Crippen LogP contribution in [0.2, 0.25) is 0 Å². The number of aromatic amines is 1. The highest BCUT2D eigenvalue weighted by Crippen LogP contribution is 2.38. The monoisotopic (exact) mass is 307 g/mol. The van der Waals surface area contributed by atoms with Gasteiger partial charge in [-0.3, -0.25) is 4.79 Å². The molecule has 0 amide bonds. The number of benzene rings is 2. The Balaban J connectivity index is 2.32. The van der Waals surface area contributed by atoms with Crippen LogP contribution in [0.3, 0.4) is 0 Å². The van der Waals surface area contributed by atoms with Crippen LogP contribution < -0.4 is 0 Å². The molecule has 6 heteroatoms. The second-order valence-corrected chi connectivity index (χ2v) is 4.76. The minimum Gasteiger partial charge on any atom is -0.353 e. The van der Waals surface area contributed by atoms with E-state index in [1.54, 1.807) is 0 Å². The number of aldehydes is 1. The Labute approximate surface area is 122 Å². The quantitative estimate of drug-likeness (QED) is 0.535. The Morgan fingerprint density at radius 1 is 1.00 bits per heavy atom. The van der Waals surface area contributed by atoms with Gasteiger partial charge >= 0.3 is 6.18 Å². The number of hydrogen-bond donors (Lipinski definition) is 1. The highest BCUT2D eigenvalue weighted by atomic mass is 19.4. The summed E-state index contributed by atoms with van der Waals surface area (Å²) >= 11 is 0. The van der Waals surface area contributed by atoms with Gasteiger partial charge in [-0.15, -0.1) is 0 Å². The summed E-state index contributed by atoms with van der Waals surface area (Å²) in [6.45, 7) is 0. The van der Waals surface area contributed by atoms with E-state index < -0.39 is 17.6 Å². The normalized spacial score (nSPS) is 11.8. The molecule has 0 aliphatic rings. The van der Waals surface area contributed by atoms with Crippen LogP contribution in [0.4, 0.5) is 17.6 Å². The fraction of sp³-hybridized carbons (Fsp3) is 0.0625. The molecule has 1 aromatic heterocycles. The van der Waals surface area contributed by atoms with Crippen LogP contribution >= 0.6 is 0 Å². The van der Waals surface area contributed by atoms with Crippen molar-refractivity contribution in [3.8, 4) is 11.3 Å². The van der Waals surface area contributed by atoms with Crippen molar-refractivity contribution in [1.82, 2.24) is 4.98 Å². The molecule has 0 saturated heterocycles. The van der Waals surface area contributed by atoms with Gasteiger partial charge in [0.2, 0.25) is 0 Å². The summed E-state index contributed by atoms with van der Waals surface area (Å²) in [7, 11) is 0. The Kier molecular flexibility index (Phi) is 3.24. The maximum atomic E-state index is 13.1. The molecule has 112 valence electrons. The van der Waals surface area contributed by atoms with E-state index in [2.05, 4.69) is 4.98 Å². The molecule has 2 nitrogen and oxygen atoms in total. The van der Waals surface area contributed by atoms with Gasteiger partial charge in [0, 0.05) is 10.9 Å². The first-order valence-electron chi connectivity index (χ1n) is 6.35. The molecule has 3 rings (SSSR count). The molecule has 0 saturated carbocycles. The van der Waals surface area contributed by atoms with E-state index in [4.69, 9.17) is 0 Å². The molecule has 3 aromatic rings. The third-order valence-electron chi connectivity index (χ3n) is 3.43. The molecule has 0 aliphatic heterocycles. The number of carbonyl (C=O) groups is 1. The van der Waals surface area contributed by atoms with Crippen LogP contribution in [-0.2, 0) is 6.18 Å². The minimum atomic E-state index is -4.54. The smallest absolute Gasteiger partial charge is 0.353 e. The van der Waals surface area contributed by atoms with Crippen molar-refractivity contribution in [1.29, 1.82) is 0 Å². The van der Waals surface area contributed by atoms with Crippen molar-refractivity contribution in [2.75, 3.05) is 0 Å². The summed E-state index contributed by atoms with van der Waals surface area (Å²) in [4.78, 5) is 14.0. The van der Waals surface area contributed by atoms with Crippen LogP contribution in [0, 0.1) is 5.82 Å². The lowest BCUT2D eigenvalue weighted by Gasteiger charge is -2.07. The molecule has 0 atom stereocenters. The zero-order valence-corrected chi connectivity index (χ0v) is 11.0. The number of H-pyrrole nitrogens is 1. The van der Waals surface area contributed by atoms with Crippen molar-refractivity contribution >= 4 is 17.2 Å². The Morgan fingerprint density at radius 3 is 2.27 bits per heavy atom. The SMILES string of the molecule is O=Cc1c(-c2ccc(F)cc2)[nH]c2c(C(F)(F)F)cccc12. The molecule has 1 heterocycles. The van der Waals surface area contributed by atoms with Gasteiger partial charge in [-0.05, 0) is 35.9 Å². The maximum absolute atomic E-state index is 13.1. The third kappa shape index (κ3) is 2.26. The van der Waals surface area contributed by atoms with Crippen molar-refractivity contribution in [3.05, 3.63) is 59.4 Å². The van der Waals surface area contributed by atoms with Gasteiger partial charge in [0.15, 0.2) is 6.29 Å². The number of hydrogen-bond acceptors (Lipinski definition) is 1. The molecule has 1 N–H and O–H groups in total. The van der Waals surface area contributed by atoms with E-state index in [1.807, 2.05) is 0 Å². The van der Waals surface area contributed by atoms with Gasteiger partial charge in [0.25, 0.3) is 0 Å². The molecule has 0 bridgehead atoms. The van der Waals surface area contributed by atoms with Gasteiger partial charge in [0.05, 0.1) is 16.8 Å². The van der Waals surface area contributed by atoms with E-state index in [9.17, 15) is 22.4 Å². The average molecular weight is 307 g/mol. The Bertz CT molecular complexity index is 847. The van der Waals surface area contributed by atoms with E-state index in [0.717, 1.165) is 6.07 Å². The number of carbonyl (C=O) groups excluding carboxylic acids is 1. The van der Waals surface area contributed by atoms with Crippen molar-refractivity contribution < 1.29 is 22.4 Å². The second-order valence-electron chi connectivity index (χ2n) is 4.76. The average Bonchev–Trinajstić information content (AvgIpc) is 2.85. The minimum absolute atomic E-state index is 0.118. The fourth-order valence-electron chi connectivity index (χ4n) is 2.44. The molecule has 0 aliphatic carbocycles. The second kappa shape index (κ2) is 4.98. The molecular formula is C16H9F4NO. The van der Waals surface area contributed by atoms with Crippen molar-refractivity contribution in [3.63, 3.8) is 0 Å². The molecule has 0 spiro atoms. The van der Waals surface area contributed by atoms with E-state index in [-0.39, 0.29) is 22.2 Å². The third-order valence-corrected chi connectivity index (χ3v) is 3.43. The lowest BCUT2D eigenvalue weighted by molar-refractivity contribution is -0.136. The summed E-state index contributed by atoms with van der Waals surface area (Å²) in [5, 5.41) is 0.184. The van der Waals surface area contributed by atoms with Gasteiger partial charge in [-0.25, -0.2) is 4.39 Å². The first kappa shape index (κ1) is 14.3. The van der Waals surface area contributed by atoms with Crippen LogP contribution in [-0.4, -0.2) is 11.3 Å². The predicted octanol–water partition coefficient (Wildman–Crippen LogP) is 4.81. The van der Waals surface area contributed by atoms with Gasteiger partial charge in [-0.1, -0.05) is 12.1 Å². The first-order chi connectivity index (χ1) is 10.4. The highest BCUT2D eigenvalue weighted by Gasteiger charge is 2.33. The standard InChI is InChI=1S/C16H9F4NO/c17-10-6-4-9(5-7-10)14-12(8-22)11-2-1-3-13(15(11)21-14)16(18,19)20/h1-8,21H. The van der Waals surface area contributed by atoms with Crippen LogP contribution in [0.25, 0.3) is 22.2 Å². The number of fused-ring (bicyclic) bond motifs is 1. The molecule has 0 radical (unpaired) electrons. The van der Waals surface area contributed by atoms with Gasteiger partial charge in [-0.2, -0.15) is 13.2 Å². The molecule has 22 heavy (non-hydrogen) atoms. The predicted molar refractivity (Wildman–Crippen MR) is 74.1 cm³/mol. The first-order valence-corrected chi connectivity index (χ1v) is 6.35. The van der Waals surface area contributed by atoms with E-state index in [0.29, 0.717) is 11.8 Å². The summed E-state index contributed by atoms with van der Waals surface area (Å²) in [5.74, 6) is -0.469. The number of aromatic nitrogens is 1. The number of nitrogens with one attached hydrogen (secondary N) is 1. The Morgan fingerprint density at radius 2 is 1.68 bits per heavy atom. The summed E-state index contributed by atoms with van der Waals surface area (Å²) in [6, 6.07) is 8.81. The number of halogens is 4. The number of rotatable bonds is 2. The van der Waals surface area contributed by atoms with Crippen LogP contribution in [0.1, 0.15) is 15.9 Å². The van der Waals surface area contributed by atoms with Crippen molar-refractivity contribution in [2.45, 2.75) is 6.18 Å². The van der Waals surface area contributed by atoms with E-state index >= 15 is 0 Å². The maximum Gasteiger partial charge on any atom is 0.418 e.